The lowest BCUT2D eigenvalue weighted by Gasteiger charge is -2.09. The van der Waals surface area contributed by atoms with E-state index >= 15 is 0 Å². The van der Waals surface area contributed by atoms with Crippen LogP contribution in [0.25, 0.3) is 0 Å². The molecule has 2 aromatic rings. The summed E-state index contributed by atoms with van der Waals surface area (Å²) in [6.45, 7) is 0. The molecule has 2 rings (SSSR count). The van der Waals surface area contributed by atoms with Gasteiger partial charge in [0.05, 0.1) is 22.9 Å². The highest BCUT2D eigenvalue weighted by atomic mass is 19.2. The SMILES string of the molecule is N#Cc1ccc(C#N)c(Nc2cc(F)c(F)c(F)c2)c1. The van der Waals surface area contributed by atoms with Crippen LogP contribution >= 0.6 is 0 Å². The van der Waals surface area contributed by atoms with Crippen molar-refractivity contribution in [3.05, 3.63) is 58.9 Å². The smallest absolute Gasteiger partial charge is 0.194 e. The molecule has 0 amide bonds. The zero-order chi connectivity index (χ0) is 14.7. The molecule has 0 saturated carbocycles. The van der Waals surface area contributed by atoms with E-state index in [1.165, 1.54) is 18.2 Å². The molecule has 0 aliphatic heterocycles. The second-order valence-corrected chi connectivity index (χ2v) is 3.86. The van der Waals surface area contributed by atoms with Crippen molar-refractivity contribution in [3.63, 3.8) is 0 Å². The van der Waals surface area contributed by atoms with Crippen molar-refractivity contribution in [2.45, 2.75) is 0 Å². The Morgan fingerprint density at radius 3 is 2.10 bits per heavy atom. The van der Waals surface area contributed by atoms with Crippen molar-refractivity contribution in [1.29, 1.82) is 10.5 Å². The molecule has 0 unspecified atom stereocenters. The van der Waals surface area contributed by atoms with Crippen molar-refractivity contribution in [2.75, 3.05) is 5.32 Å². The van der Waals surface area contributed by atoms with Gasteiger partial charge in [0.1, 0.15) is 6.07 Å². The van der Waals surface area contributed by atoms with Gasteiger partial charge in [-0.2, -0.15) is 10.5 Å². The fraction of sp³-hybridized carbons (Fsp3) is 0. The Bertz CT molecular complexity index is 734. The van der Waals surface area contributed by atoms with Crippen LogP contribution in [-0.2, 0) is 0 Å². The monoisotopic (exact) mass is 273 g/mol. The third-order valence-corrected chi connectivity index (χ3v) is 2.53. The van der Waals surface area contributed by atoms with E-state index in [0.29, 0.717) is 0 Å². The molecule has 1 N–H and O–H groups in total. The van der Waals surface area contributed by atoms with E-state index in [2.05, 4.69) is 5.32 Å². The molecular weight excluding hydrogens is 267 g/mol. The van der Waals surface area contributed by atoms with Crippen LogP contribution in [-0.4, -0.2) is 0 Å². The Labute approximate surface area is 112 Å². The van der Waals surface area contributed by atoms with Crippen molar-refractivity contribution in [3.8, 4) is 12.1 Å². The standard InChI is InChI=1S/C14H6F3N3/c15-11-4-10(5-12(16)14(11)17)20-13-3-8(6-18)1-2-9(13)7-19/h1-5,20H. The minimum absolute atomic E-state index is 0.0620. The maximum Gasteiger partial charge on any atom is 0.194 e. The van der Waals surface area contributed by atoms with Crippen LogP contribution in [0, 0.1) is 40.1 Å². The number of anilines is 2. The summed E-state index contributed by atoms with van der Waals surface area (Å²) >= 11 is 0. The molecule has 0 spiro atoms. The van der Waals surface area contributed by atoms with Gasteiger partial charge in [0.2, 0.25) is 0 Å². The molecule has 0 atom stereocenters. The van der Waals surface area contributed by atoms with Crippen molar-refractivity contribution >= 4 is 11.4 Å². The minimum Gasteiger partial charge on any atom is -0.354 e. The maximum absolute atomic E-state index is 13.1. The van der Waals surface area contributed by atoms with Crippen LogP contribution < -0.4 is 5.32 Å². The predicted molar refractivity (Wildman–Crippen MR) is 65.5 cm³/mol. The molecular formula is C14H6F3N3. The first-order valence-electron chi connectivity index (χ1n) is 5.41. The van der Waals surface area contributed by atoms with Gasteiger partial charge in [-0.05, 0) is 18.2 Å². The molecule has 0 heterocycles. The Morgan fingerprint density at radius 1 is 0.900 bits per heavy atom. The summed E-state index contributed by atoms with van der Waals surface area (Å²) in [4.78, 5) is 0. The number of hydrogen-bond acceptors (Lipinski definition) is 3. The highest BCUT2D eigenvalue weighted by Crippen LogP contribution is 2.24. The molecule has 0 aromatic heterocycles. The summed E-state index contributed by atoms with van der Waals surface area (Å²) < 4.78 is 39.0. The van der Waals surface area contributed by atoms with Gasteiger partial charge in [-0.15, -0.1) is 0 Å². The summed E-state index contributed by atoms with van der Waals surface area (Å²) in [7, 11) is 0. The van der Waals surface area contributed by atoms with Gasteiger partial charge in [-0.3, -0.25) is 0 Å². The van der Waals surface area contributed by atoms with Gasteiger partial charge in [0.15, 0.2) is 17.5 Å². The van der Waals surface area contributed by atoms with Crippen LogP contribution in [0.3, 0.4) is 0 Å². The van der Waals surface area contributed by atoms with Gasteiger partial charge < -0.3 is 5.32 Å². The molecule has 0 aliphatic rings. The van der Waals surface area contributed by atoms with E-state index in [0.717, 1.165) is 12.1 Å². The first-order valence-corrected chi connectivity index (χ1v) is 5.41. The number of halogens is 3. The first kappa shape index (κ1) is 13.4. The number of nitrogens with zero attached hydrogens (tertiary/aromatic N) is 2. The fourth-order valence-corrected chi connectivity index (χ4v) is 1.60. The Kier molecular flexibility index (Phi) is 3.58. The largest absolute Gasteiger partial charge is 0.354 e. The van der Waals surface area contributed by atoms with Gasteiger partial charge in [-0.25, -0.2) is 13.2 Å². The van der Waals surface area contributed by atoms with Crippen molar-refractivity contribution in [1.82, 2.24) is 0 Å². The molecule has 0 radical (unpaired) electrons. The molecule has 20 heavy (non-hydrogen) atoms. The van der Waals surface area contributed by atoms with Crippen molar-refractivity contribution in [2.24, 2.45) is 0 Å². The Hall–Kier alpha value is -2.99. The third-order valence-electron chi connectivity index (χ3n) is 2.53. The van der Waals surface area contributed by atoms with Gasteiger partial charge >= 0.3 is 0 Å². The van der Waals surface area contributed by atoms with Gasteiger partial charge in [0.25, 0.3) is 0 Å². The number of rotatable bonds is 2. The highest BCUT2D eigenvalue weighted by molar-refractivity contribution is 5.68. The topological polar surface area (TPSA) is 59.6 Å². The van der Waals surface area contributed by atoms with Gasteiger partial charge in [-0.1, -0.05) is 0 Å². The first-order chi connectivity index (χ1) is 9.55. The van der Waals surface area contributed by atoms with Crippen LogP contribution in [0.2, 0.25) is 0 Å². The molecule has 98 valence electrons. The lowest BCUT2D eigenvalue weighted by atomic mass is 10.1. The number of hydrogen-bond donors (Lipinski definition) is 1. The Morgan fingerprint density at radius 2 is 1.55 bits per heavy atom. The fourth-order valence-electron chi connectivity index (χ4n) is 1.60. The molecule has 2 aromatic carbocycles. The number of benzene rings is 2. The molecule has 0 saturated heterocycles. The van der Waals surface area contributed by atoms with Crippen LogP contribution in [0.4, 0.5) is 24.5 Å². The normalized spacial score (nSPS) is 9.65. The molecule has 0 bridgehead atoms. The van der Waals surface area contributed by atoms with Gasteiger partial charge in [0, 0.05) is 17.8 Å². The average molecular weight is 273 g/mol. The van der Waals surface area contributed by atoms with Crippen LogP contribution in [0.1, 0.15) is 11.1 Å². The maximum atomic E-state index is 13.1. The van der Waals surface area contributed by atoms with E-state index in [9.17, 15) is 13.2 Å². The van der Waals surface area contributed by atoms with E-state index in [1.54, 1.807) is 0 Å². The second-order valence-electron chi connectivity index (χ2n) is 3.86. The summed E-state index contributed by atoms with van der Waals surface area (Å²) in [5.41, 5.74) is 0.605. The zero-order valence-electron chi connectivity index (χ0n) is 9.92. The lowest BCUT2D eigenvalue weighted by Crippen LogP contribution is -1.98. The van der Waals surface area contributed by atoms with E-state index < -0.39 is 17.5 Å². The predicted octanol–water partition coefficient (Wildman–Crippen LogP) is 3.59. The number of nitrogens with one attached hydrogen (secondary N) is 1. The molecule has 3 nitrogen and oxygen atoms in total. The second kappa shape index (κ2) is 5.33. The van der Waals surface area contributed by atoms with E-state index in [4.69, 9.17) is 10.5 Å². The van der Waals surface area contributed by atoms with E-state index in [-0.39, 0.29) is 22.5 Å². The quantitative estimate of drug-likeness (QED) is 0.850. The van der Waals surface area contributed by atoms with Crippen LogP contribution in [0.5, 0.6) is 0 Å². The average Bonchev–Trinajstić information content (AvgIpc) is 2.44. The molecule has 6 heteroatoms. The minimum atomic E-state index is -1.57. The van der Waals surface area contributed by atoms with Crippen molar-refractivity contribution < 1.29 is 13.2 Å². The zero-order valence-corrected chi connectivity index (χ0v) is 9.92. The van der Waals surface area contributed by atoms with E-state index in [1.807, 2.05) is 12.1 Å². The number of nitriles is 2. The summed E-state index contributed by atoms with van der Waals surface area (Å²) in [6.07, 6.45) is 0. The summed E-state index contributed by atoms with van der Waals surface area (Å²) in [5.74, 6) is -4.26. The molecule has 0 aliphatic carbocycles. The lowest BCUT2D eigenvalue weighted by molar-refractivity contribution is 0.448. The molecule has 0 fully saturated rings. The third kappa shape index (κ3) is 2.55. The Balaban J connectivity index is 2.45. The van der Waals surface area contributed by atoms with Crippen LogP contribution in [0.15, 0.2) is 30.3 Å². The summed E-state index contributed by atoms with van der Waals surface area (Å²) in [5, 5.41) is 20.3. The highest BCUT2D eigenvalue weighted by Gasteiger charge is 2.12. The summed E-state index contributed by atoms with van der Waals surface area (Å²) in [6, 6.07) is 9.48.